The van der Waals surface area contributed by atoms with Crippen LogP contribution in [0.2, 0.25) is 0 Å². The highest BCUT2D eigenvalue weighted by Gasteiger charge is 2.42. The van der Waals surface area contributed by atoms with Gasteiger partial charge < -0.3 is 31.1 Å². The lowest BCUT2D eigenvalue weighted by atomic mass is 9.96. The summed E-state index contributed by atoms with van der Waals surface area (Å²) in [4.78, 5) is 10.8. The Morgan fingerprint density at radius 1 is 1.47 bits per heavy atom. The van der Waals surface area contributed by atoms with Crippen molar-refractivity contribution in [3.63, 3.8) is 0 Å². The van der Waals surface area contributed by atoms with Crippen LogP contribution >= 0.6 is 0 Å². The molecule has 0 radical (unpaired) electrons. The third-order valence-corrected chi connectivity index (χ3v) is 2.33. The van der Waals surface area contributed by atoms with E-state index >= 15 is 0 Å². The van der Waals surface area contributed by atoms with Gasteiger partial charge >= 0.3 is 0 Å². The maximum atomic E-state index is 10.8. The quantitative estimate of drug-likeness (QED) is 0.335. The lowest BCUT2D eigenvalue weighted by Gasteiger charge is -2.40. The number of ether oxygens (including phenoxy) is 1. The van der Waals surface area contributed by atoms with Crippen molar-refractivity contribution in [2.24, 2.45) is 5.73 Å². The summed E-state index contributed by atoms with van der Waals surface area (Å²) in [6.45, 7) is 0.822. The predicted octanol–water partition coefficient (Wildman–Crippen LogP) is -3.11. The van der Waals surface area contributed by atoms with Crippen molar-refractivity contribution >= 4 is 5.91 Å². The lowest BCUT2D eigenvalue weighted by molar-refractivity contribution is -0.193. The molecule has 0 spiro atoms. The number of nitrogens with one attached hydrogen (secondary N) is 1. The van der Waals surface area contributed by atoms with Crippen LogP contribution in [-0.4, -0.2) is 58.4 Å². The molecule has 5 atom stereocenters. The molecule has 6 N–H and O–H groups in total. The Hall–Kier alpha value is -0.730. The molecule has 7 nitrogen and oxygen atoms in total. The molecule has 0 bridgehead atoms. The van der Waals surface area contributed by atoms with Gasteiger partial charge in [-0.1, -0.05) is 0 Å². The predicted molar refractivity (Wildman–Crippen MR) is 49.6 cm³/mol. The first-order valence-corrected chi connectivity index (χ1v) is 4.62. The lowest BCUT2D eigenvalue weighted by Crippen LogP contribution is -2.66. The topological polar surface area (TPSA) is 125 Å². The highest BCUT2D eigenvalue weighted by molar-refractivity contribution is 5.73. The summed E-state index contributed by atoms with van der Waals surface area (Å²) < 4.78 is 5.03. The first-order valence-electron chi connectivity index (χ1n) is 4.62. The monoisotopic (exact) mass is 220 g/mol. The molecule has 0 aromatic rings. The largest absolute Gasteiger partial charge is 0.394 e. The molecule has 1 rings (SSSR count). The van der Waals surface area contributed by atoms with Crippen LogP contribution in [-0.2, 0) is 9.53 Å². The van der Waals surface area contributed by atoms with E-state index < -0.39 is 37.2 Å². The molecule has 1 heterocycles. The van der Waals surface area contributed by atoms with Crippen molar-refractivity contribution in [1.29, 1.82) is 0 Å². The molecule has 0 aromatic heterocycles. The van der Waals surface area contributed by atoms with Crippen molar-refractivity contribution in [1.82, 2.24) is 5.32 Å². The second-order valence-electron chi connectivity index (χ2n) is 3.53. The normalized spacial score (nSPS) is 41.3. The van der Waals surface area contributed by atoms with Gasteiger partial charge in [0.1, 0.15) is 24.5 Å². The number of carbonyl (C=O) groups excluding carboxylic acids is 1. The number of hydrogen-bond donors (Lipinski definition) is 5. The number of hydrogen-bond acceptors (Lipinski definition) is 6. The first kappa shape index (κ1) is 12.3. The van der Waals surface area contributed by atoms with E-state index in [9.17, 15) is 15.0 Å². The van der Waals surface area contributed by atoms with Crippen LogP contribution in [0.3, 0.4) is 0 Å². The minimum Gasteiger partial charge on any atom is -0.394 e. The van der Waals surface area contributed by atoms with Crippen LogP contribution in [0.4, 0.5) is 0 Å². The number of rotatable bonds is 2. The van der Waals surface area contributed by atoms with Gasteiger partial charge in [-0.05, 0) is 0 Å². The third kappa shape index (κ3) is 2.64. The fraction of sp³-hybridized carbons (Fsp3) is 0.875. The van der Waals surface area contributed by atoms with Gasteiger partial charge in [-0.25, -0.2) is 0 Å². The van der Waals surface area contributed by atoms with Crippen LogP contribution in [0, 0.1) is 0 Å². The third-order valence-electron chi connectivity index (χ3n) is 2.33. The number of aliphatic hydroxyl groups excluding tert-OH is 3. The molecule has 0 saturated carbocycles. The minimum absolute atomic E-state index is 0.382. The highest BCUT2D eigenvalue weighted by atomic mass is 16.5. The van der Waals surface area contributed by atoms with Crippen molar-refractivity contribution in [3.8, 4) is 0 Å². The molecular formula is C8H16N2O5. The Labute approximate surface area is 86.8 Å². The maximum Gasteiger partial charge on any atom is 0.217 e. The zero-order valence-corrected chi connectivity index (χ0v) is 8.33. The number of aliphatic hydroxyl groups is 3. The Morgan fingerprint density at radius 2 is 2.07 bits per heavy atom. The van der Waals surface area contributed by atoms with Gasteiger partial charge in [-0.15, -0.1) is 0 Å². The second kappa shape index (κ2) is 4.86. The van der Waals surface area contributed by atoms with E-state index in [4.69, 9.17) is 15.6 Å². The van der Waals surface area contributed by atoms with Gasteiger partial charge in [0, 0.05) is 6.92 Å². The van der Waals surface area contributed by atoms with E-state index in [1.807, 2.05) is 0 Å². The Kier molecular flexibility index (Phi) is 4.00. The summed E-state index contributed by atoms with van der Waals surface area (Å²) >= 11 is 0. The number of amides is 1. The van der Waals surface area contributed by atoms with Gasteiger partial charge in [-0.2, -0.15) is 0 Å². The molecule has 1 aliphatic rings. The van der Waals surface area contributed by atoms with Crippen LogP contribution < -0.4 is 11.1 Å². The van der Waals surface area contributed by atoms with E-state index in [2.05, 4.69) is 5.32 Å². The first-order chi connectivity index (χ1) is 6.97. The van der Waals surface area contributed by atoms with Crippen molar-refractivity contribution in [2.75, 3.05) is 6.61 Å². The molecular weight excluding hydrogens is 204 g/mol. The minimum atomic E-state index is -1.27. The molecule has 1 saturated heterocycles. The molecule has 1 aliphatic heterocycles. The molecule has 88 valence electrons. The fourth-order valence-electron chi connectivity index (χ4n) is 1.55. The molecule has 15 heavy (non-hydrogen) atoms. The van der Waals surface area contributed by atoms with E-state index in [0.29, 0.717) is 0 Å². The Morgan fingerprint density at radius 3 is 2.53 bits per heavy atom. The second-order valence-corrected chi connectivity index (χ2v) is 3.53. The van der Waals surface area contributed by atoms with Crippen molar-refractivity contribution in [2.45, 2.75) is 37.5 Å². The summed E-state index contributed by atoms with van der Waals surface area (Å²) in [5.74, 6) is -0.382. The standard InChI is InChI=1S/C8H16N2O5/c1-3(12)10-5-7(14)6(13)4(2-11)15-8(5)9/h4-8,11,13-14H,2,9H2,1H3,(H,10,12)/t4?,5-,6-,7+,8+/m0/s1. The van der Waals surface area contributed by atoms with Crippen molar-refractivity contribution < 1.29 is 24.9 Å². The molecule has 1 unspecified atom stereocenters. The zero-order chi connectivity index (χ0) is 11.6. The molecule has 1 amide bonds. The molecule has 0 aliphatic carbocycles. The average molecular weight is 220 g/mol. The zero-order valence-electron chi connectivity index (χ0n) is 8.33. The van der Waals surface area contributed by atoms with Crippen LogP contribution in [0.1, 0.15) is 6.92 Å². The van der Waals surface area contributed by atoms with Gasteiger partial charge in [0.15, 0.2) is 0 Å². The van der Waals surface area contributed by atoms with E-state index in [1.165, 1.54) is 6.92 Å². The number of nitrogens with two attached hydrogens (primary N) is 1. The van der Waals surface area contributed by atoms with Crippen LogP contribution in [0.25, 0.3) is 0 Å². The number of carbonyl (C=O) groups is 1. The highest BCUT2D eigenvalue weighted by Crippen LogP contribution is 2.18. The Bertz CT molecular complexity index is 237. The van der Waals surface area contributed by atoms with Crippen LogP contribution in [0.15, 0.2) is 0 Å². The van der Waals surface area contributed by atoms with Gasteiger partial charge in [0.25, 0.3) is 0 Å². The summed E-state index contributed by atoms with van der Waals surface area (Å²) in [6.07, 6.45) is -4.41. The van der Waals surface area contributed by atoms with E-state index in [0.717, 1.165) is 0 Å². The smallest absolute Gasteiger partial charge is 0.217 e. The van der Waals surface area contributed by atoms with Gasteiger partial charge in [0.2, 0.25) is 5.91 Å². The van der Waals surface area contributed by atoms with E-state index in [-0.39, 0.29) is 5.91 Å². The Balaban J connectivity index is 2.70. The average Bonchev–Trinajstić information content (AvgIpc) is 2.18. The fourth-order valence-corrected chi connectivity index (χ4v) is 1.55. The maximum absolute atomic E-state index is 10.8. The van der Waals surface area contributed by atoms with Crippen LogP contribution in [0.5, 0.6) is 0 Å². The summed E-state index contributed by atoms with van der Waals surface area (Å²) in [5, 5.41) is 30.3. The SMILES string of the molecule is CC(=O)N[C@H]1[C@@H](O)[C@@H](O)C(CO)O[C@H]1N. The molecule has 1 fully saturated rings. The molecule has 0 aromatic carbocycles. The van der Waals surface area contributed by atoms with Crippen molar-refractivity contribution in [3.05, 3.63) is 0 Å². The summed E-state index contributed by atoms with van der Waals surface area (Å²) in [5.41, 5.74) is 5.53. The summed E-state index contributed by atoms with van der Waals surface area (Å²) in [6, 6.07) is -0.875. The summed E-state index contributed by atoms with van der Waals surface area (Å²) in [7, 11) is 0. The molecule has 7 heteroatoms. The van der Waals surface area contributed by atoms with E-state index in [1.54, 1.807) is 0 Å². The van der Waals surface area contributed by atoms with Gasteiger partial charge in [0.05, 0.1) is 12.6 Å². The van der Waals surface area contributed by atoms with Gasteiger partial charge in [-0.3, -0.25) is 4.79 Å².